The highest BCUT2D eigenvalue weighted by atomic mass is 127. The van der Waals surface area contributed by atoms with E-state index < -0.39 is 52.7 Å². The second-order valence-corrected chi connectivity index (χ2v) is 15.2. The van der Waals surface area contributed by atoms with E-state index in [0.717, 1.165) is 11.1 Å². The molecular weight excluding hydrogens is 825 g/mol. The molecule has 1 atom stereocenters. The molecule has 0 radical (unpaired) electrons. The lowest BCUT2D eigenvalue weighted by molar-refractivity contribution is -0.753. The van der Waals surface area contributed by atoms with Crippen LogP contribution in [0.3, 0.4) is 0 Å². The SMILES string of the molecule is C[n+]1cc(-c2ccc(OC[C@H](O/N=C(\C(=O)O)c3nsc(NC(=O)OC(C)(C)C)n3)C(=O)OC(C)(C)C)cc2)cn1CCCNC(=O)OC(C)(C)C.[I-]. The van der Waals surface area contributed by atoms with Crippen LogP contribution < -0.4 is 44.0 Å². The smallest absolute Gasteiger partial charge is 0.414 e. The van der Waals surface area contributed by atoms with E-state index in [-0.39, 0.29) is 41.5 Å². The van der Waals surface area contributed by atoms with Crippen molar-refractivity contribution in [3.8, 4) is 16.9 Å². The van der Waals surface area contributed by atoms with Crippen LogP contribution >= 0.6 is 11.5 Å². The number of hydrogen-bond acceptors (Lipinski definition) is 13. The minimum Gasteiger partial charge on any atom is -1.00 e. The molecule has 292 valence electrons. The summed E-state index contributed by atoms with van der Waals surface area (Å²) in [6.07, 6.45) is 1.93. The maximum absolute atomic E-state index is 13.0. The molecule has 0 aliphatic carbocycles. The lowest BCUT2D eigenvalue weighted by Crippen LogP contribution is -3.00. The van der Waals surface area contributed by atoms with Gasteiger partial charge in [0.15, 0.2) is 7.05 Å². The number of benzene rings is 1. The van der Waals surface area contributed by atoms with Crippen LogP contribution in [0, 0.1) is 0 Å². The maximum Gasteiger partial charge on any atom is 0.414 e. The molecule has 2 heterocycles. The van der Waals surface area contributed by atoms with Crippen LogP contribution in [-0.4, -0.2) is 85.0 Å². The fourth-order valence-electron chi connectivity index (χ4n) is 4.16. The Labute approximate surface area is 329 Å². The third-order valence-corrected chi connectivity index (χ3v) is 6.86. The van der Waals surface area contributed by atoms with Gasteiger partial charge in [-0.25, -0.2) is 19.2 Å². The lowest BCUT2D eigenvalue weighted by Gasteiger charge is -2.23. The van der Waals surface area contributed by atoms with E-state index in [1.54, 1.807) is 53.7 Å². The molecule has 0 saturated heterocycles. The summed E-state index contributed by atoms with van der Waals surface area (Å²) < 4.78 is 29.6. The van der Waals surface area contributed by atoms with Gasteiger partial charge in [-0.2, -0.15) is 14.0 Å². The number of aliphatic carboxylic acids is 1. The van der Waals surface area contributed by atoms with Gasteiger partial charge in [-0.15, -0.1) is 4.68 Å². The number of nitrogens with one attached hydrogen (secondary N) is 2. The van der Waals surface area contributed by atoms with Gasteiger partial charge in [-0.1, -0.05) is 17.3 Å². The number of aryl methyl sites for hydroxylation is 2. The van der Waals surface area contributed by atoms with E-state index in [1.165, 1.54) is 0 Å². The number of carboxylic acids is 1. The molecule has 3 rings (SSSR count). The molecule has 2 aromatic heterocycles. The van der Waals surface area contributed by atoms with Crippen LogP contribution in [0.4, 0.5) is 14.7 Å². The molecule has 19 heteroatoms. The average molecular weight is 874 g/mol. The molecule has 53 heavy (non-hydrogen) atoms. The summed E-state index contributed by atoms with van der Waals surface area (Å²) in [6.45, 7) is 16.2. The zero-order valence-corrected chi connectivity index (χ0v) is 34.5. The second kappa shape index (κ2) is 19.0. The van der Waals surface area contributed by atoms with Crippen molar-refractivity contribution in [2.24, 2.45) is 12.2 Å². The Balaban J connectivity index is 0.00000972. The number of nitrogens with zero attached hydrogens (tertiary/aromatic N) is 5. The van der Waals surface area contributed by atoms with E-state index >= 15 is 0 Å². The number of rotatable bonds is 14. The van der Waals surface area contributed by atoms with E-state index in [4.69, 9.17) is 23.8 Å². The van der Waals surface area contributed by atoms with E-state index in [1.807, 2.05) is 61.7 Å². The summed E-state index contributed by atoms with van der Waals surface area (Å²) in [6, 6.07) is 7.13. The number of anilines is 1. The van der Waals surface area contributed by atoms with Gasteiger partial charge in [0, 0.05) is 18.1 Å². The molecule has 2 amide bonds. The van der Waals surface area contributed by atoms with Crippen LogP contribution in [0.25, 0.3) is 11.1 Å². The predicted molar refractivity (Wildman–Crippen MR) is 190 cm³/mol. The van der Waals surface area contributed by atoms with Gasteiger partial charge in [-0.3, -0.25) is 5.32 Å². The third kappa shape index (κ3) is 15.9. The van der Waals surface area contributed by atoms with Crippen molar-refractivity contribution in [1.29, 1.82) is 0 Å². The van der Waals surface area contributed by atoms with Crippen molar-refractivity contribution in [2.75, 3.05) is 18.5 Å². The standard InChI is InChI=1S/C34H47N7O10S.HI/c1-32(2,3)48-28(44)24(51-38-25(27(42)43)26-36-29(52-39-26)37-31(46)50-34(7,8)9)20-47-23-14-12-21(13-15-23)22-18-40(10)41(19-22)17-11-16-35-30(45)49-33(4,5)6;/h12-15,18-19,24H,11,16-17,20H2,1-10H3,(H2-,35,36,37,39,42,43,45,46);1H/b38-25-;/t24-;/m0./s1. The quantitative estimate of drug-likeness (QED) is 0.0403. The Kier molecular flexibility index (Phi) is 16.0. The summed E-state index contributed by atoms with van der Waals surface area (Å²) in [5.41, 5.74) is -1.08. The number of carbonyl (C=O) groups excluding carboxylic acids is 3. The van der Waals surface area contributed by atoms with Crippen molar-refractivity contribution in [1.82, 2.24) is 19.4 Å². The van der Waals surface area contributed by atoms with E-state index in [0.29, 0.717) is 36.8 Å². The molecule has 0 aliphatic rings. The zero-order chi connectivity index (χ0) is 38.9. The first kappa shape index (κ1) is 44.6. The minimum absolute atomic E-state index is 0. The van der Waals surface area contributed by atoms with Crippen LogP contribution in [-0.2, 0) is 42.2 Å². The number of amides is 2. The molecule has 3 aromatic rings. The van der Waals surface area contributed by atoms with Gasteiger partial charge in [0.2, 0.25) is 22.9 Å². The van der Waals surface area contributed by atoms with Crippen molar-refractivity contribution < 1.29 is 76.7 Å². The number of aromatic nitrogens is 4. The zero-order valence-electron chi connectivity index (χ0n) is 31.5. The van der Waals surface area contributed by atoms with Gasteiger partial charge in [0.05, 0.1) is 18.3 Å². The van der Waals surface area contributed by atoms with Crippen LogP contribution in [0.1, 0.15) is 74.6 Å². The molecule has 1 aromatic carbocycles. The number of oxime groups is 1. The van der Waals surface area contributed by atoms with Crippen molar-refractivity contribution in [3.63, 3.8) is 0 Å². The Morgan fingerprint density at radius 1 is 0.925 bits per heavy atom. The minimum atomic E-state index is -1.54. The van der Waals surface area contributed by atoms with Crippen molar-refractivity contribution in [3.05, 3.63) is 42.5 Å². The number of esters is 1. The van der Waals surface area contributed by atoms with E-state index in [2.05, 4.69) is 25.1 Å². The van der Waals surface area contributed by atoms with Crippen LogP contribution in [0.15, 0.2) is 41.8 Å². The summed E-state index contributed by atoms with van der Waals surface area (Å²) >= 11 is 0.704. The number of alkyl carbamates (subject to hydrolysis) is 1. The molecule has 0 aliphatic heterocycles. The van der Waals surface area contributed by atoms with Gasteiger partial charge >= 0.3 is 24.1 Å². The summed E-state index contributed by atoms with van der Waals surface area (Å²) in [7, 11) is 1.92. The van der Waals surface area contributed by atoms with Gasteiger partial charge in [0.25, 0.3) is 6.10 Å². The predicted octanol–water partition coefficient (Wildman–Crippen LogP) is 1.69. The maximum atomic E-state index is 13.0. The highest BCUT2D eigenvalue weighted by Gasteiger charge is 2.30. The van der Waals surface area contributed by atoms with Crippen LogP contribution in [0.5, 0.6) is 5.75 Å². The van der Waals surface area contributed by atoms with E-state index in [9.17, 15) is 24.3 Å². The largest absolute Gasteiger partial charge is 1.00 e. The topological polar surface area (TPSA) is 206 Å². The third-order valence-electron chi connectivity index (χ3n) is 6.23. The molecule has 0 spiro atoms. The summed E-state index contributed by atoms with van der Waals surface area (Å²) in [5.74, 6) is -2.34. The molecule has 0 unspecified atom stereocenters. The first-order valence-corrected chi connectivity index (χ1v) is 17.2. The fourth-order valence-corrected chi connectivity index (χ4v) is 4.71. The monoisotopic (exact) mass is 873 g/mol. The lowest BCUT2D eigenvalue weighted by atomic mass is 10.1. The highest BCUT2D eigenvalue weighted by Crippen LogP contribution is 2.23. The van der Waals surface area contributed by atoms with Gasteiger partial charge < -0.3 is 58.2 Å². The number of ether oxygens (including phenoxy) is 4. The van der Waals surface area contributed by atoms with Crippen molar-refractivity contribution >= 4 is 46.5 Å². The van der Waals surface area contributed by atoms with Crippen LogP contribution in [0.2, 0.25) is 0 Å². The molecule has 17 nitrogen and oxygen atoms in total. The Bertz CT molecular complexity index is 1740. The molecule has 0 bridgehead atoms. The molecule has 0 fully saturated rings. The second-order valence-electron chi connectivity index (χ2n) is 14.5. The Hall–Kier alpha value is -4.53. The average Bonchev–Trinajstić information content (AvgIpc) is 3.60. The first-order valence-electron chi connectivity index (χ1n) is 16.4. The summed E-state index contributed by atoms with van der Waals surface area (Å²) in [4.78, 5) is 58.4. The summed E-state index contributed by atoms with van der Waals surface area (Å²) in [5, 5.41) is 18.6. The van der Waals surface area contributed by atoms with Gasteiger partial charge in [0.1, 0.15) is 29.2 Å². The first-order chi connectivity index (χ1) is 24.1. The van der Waals surface area contributed by atoms with Gasteiger partial charge in [-0.05, 0) is 86.4 Å². The van der Waals surface area contributed by atoms with Crippen molar-refractivity contribution in [2.45, 2.75) is 98.2 Å². The Morgan fingerprint density at radius 3 is 2.11 bits per heavy atom. The normalized spacial score (nSPS) is 12.5. The molecule has 3 N–H and O–H groups in total. The highest BCUT2D eigenvalue weighted by molar-refractivity contribution is 7.10. The Morgan fingerprint density at radius 2 is 1.53 bits per heavy atom. The molecule has 0 saturated carbocycles. The fraction of sp³-hybridized carbons (Fsp3) is 0.529. The number of halogens is 1. The number of carboxylic acid groups (broad SMARTS) is 1. The number of carbonyl (C=O) groups is 4. The number of hydrogen-bond donors (Lipinski definition) is 3. The molecular formula is C34H48IN7O10S.